The van der Waals surface area contributed by atoms with Crippen LogP contribution in [0.2, 0.25) is 0 Å². The van der Waals surface area contributed by atoms with E-state index >= 15 is 0 Å². The Bertz CT molecular complexity index is 243. The molecule has 1 N–H and O–H groups in total. The second-order valence-electron chi connectivity index (χ2n) is 4.55. The second-order valence-corrected chi connectivity index (χ2v) is 5.25. The summed E-state index contributed by atoms with van der Waals surface area (Å²) >= 11 is 6.43. The average Bonchev–Trinajstić information content (AvgIpc) is 2.80. The Morgan fingerprint density at radius 1 is 1.57 bits per heavy atom. The molecule has 0 heterocycles. The lowest BCUT2D eigenvalue weighted by Crippen LogP contribution is -2.28. The van der Waals surface area contributed by atoms with Crippen molar-refractivity contribution in [2.75, 3.05) is 6.54 Å². The van der Waals surface area contributed by atoms with Gasteiger partial charge in [0.15, 0.2) is 0 Å². The van der Waals surface area contributed by atoms with E-state index in [1.54, 1.807) is 0 Å². The van der Waals surface area contributed by atoms with Gasteiger partial charge in [-0.15, -0.1) is 11.6 Å². The predicted molar refractivity (Wildman–Crippen MR) is 57.3 cm³/mol. The van der Waals surface area contributed by atoms with Crippen molar-refractivity contribution in [1.82, 2.24) is 5.32 Å². The highest BCUT2D eigenvalue weighted by molar-refractivity contribution is 6.29. The maximum Gasteiger partial charge on any atom is 0.225 e. The first-order chi connectivity index (χ1) is 6.70. The normalized spacial score (nSPS) is 40.1. The van der Waals surface area contributed by atoms with Crippen molar-refractivity contribution < 1.29 is 4.79 Å². The van der Waals surface area contributed by atoms with Crippen molar-refractivity contribution >= 4 is 17.5 Å². The summed E-state index contributed by atoms with van der Waals surface area (Å²) in [5, 5.41) is 2.95. The summed E-state index contributed by atoms with van der Waals surface area (Å²) in [6.07, 6.45) is 5.61. The number of halogens is 1. The molecule has 0 bridgehead atoms. The van der Waals surface area contributed by atoms with E-state index in [4.69, 9.17) is 11.6 Å². The molecule has 2 fully saturated rings. The van der Waals surface area contributed by atoms with Crippen molar-refractivity contribution in [1.29, 1.82) is 0 Å². The topological polar surface area (TPSA) is 29.1 Å². The van der Waals surface area contributed by atoms with Crippen LogP contribution < -0.4 is 5.32 Å². The smallest absolute Gasteiger partial charge is 0.225 e. The quantitative estimate of drug-likeness (QED) is 0.720. The number of nitrogens with one attached hydrogen (secondary N) is 1. The molecule has 2 aliphatic carbocycles. The van der Waals surface area contributed by atoms with Crippen LogP contribution in [0.5, 0.6) is 0 Å². The molecule has 0 aromatic carbocycles. The summed E-state index contributed by atoms with van der Waals surface area (Å²) in [7, 11) is 0. The Kier molecular flexibility index (Phi) is 2.74. The molecule has 0 aliphatic heterocycles. The predicted octanol–water partition coefficient (Wildman–Crippen LogP) is 2.31. The first-order valence-corrected chi connectivity index (χ1v) is 6.04. The summed E-state index contributed by atoms with van der Waals surface area (Å²) in [6, 6.07) is 0. The minimum Gasteiger partial charge on any atom is -0.356 e. The summed E-state index contributed by atoms with van der Waals surface area (Å²) in [5.41, 5.74) is 0. The molecule has 14 heavy (non-hydrogen) atoms. The minimum atomic E-state index is -0.157. The molecule has 2 saturated carbocycles. The third-order valence-electron chi connectivity index (χ3n) is 3.58. The van der Waals surface area contributed by atoms with Gasteiger partial charge in [-0.1, -0.05) is 19.8 Å². The first-order valence-electron chi connectivity index (χ1n) is 5.66. The van der Waals surface area contributed by atoms with Crippen LogP contribution >= 0.6 is 11.6 Å². The number of amides is 1. The molecule has 3 unspecified atom stereocenters. The number of hydrogen-bond donors (Lipinski definition) is 1. The first kappa shape index (κ1) is 10.3. The van der Waals surface area contributed by atoms with E-state index in [9.17, 15) is 4.79 Å². The van der Waals surface area contributed by atoms with Gasteiger partial charge in [0.2, 0.25) is 5.91 Å². The van der Waals surface area contributed by atoms with Crippen LogP contribution in [0.15, 0.2) is 0 Å². The summed E-state index contributed by atoms with van der Waals surface area (Å²) in [6.45, 7) is 2.85. The molecule has 3 atom stereocenters. The molecule has 2 rings (SSSR count). The van der Waals surface area contributed by atoms with Crippen LogP contribution in [0.3, 0.4) is 0 Å². The molecule has 0 spiro atoms. The van der Waals surface area contributed by atoms with Gasteiger partial charge in [-0.2, -0.15) is 0 Å². The van der Waals surface area contributed by atoms with Gasteiger partial charge in [-0.05, 0) is 25.2 Å². The molecule has 1 amide bonds. The number of rotatable bonds is 3. The molecular formula is C11H18ClNO. The molecule has 0 aromatic heterocycles. The SMILES string of the molecule is CCCNC(=O)C1C2CCCCC21Cl. The van der Waals surface area contributed by atoms with E-state index in [0.717, 1.165) is 25.8 Å². The van der Waals surface area contributed by atoms with Crippen LogP contribution in [0.1, 0.15) is 39.0 Å². The van der Waals surface area contributed by atoms with Gasteiger partial charge in [-0.3, -0.25) is 4.79 Å². The lowest BCUT2D eigenvalue weighted by atomic mass is 10.0. The summed E-state index contributed by atoms with van der Waals surface area (Å²) < 4.78 is 0. The van der Waals surface area contributed by atoms with Gasteiger partial charge in [0.1, 0.15) is 0 Å². The van der Waals surface area contributed by atoms with Crippen LogP contribution in [0.4, 0.5) is 0 Å². The highest BCUT2D eigenvalue weighted by Gasteiger charge is 2.67. The second kappa shape index (κ2) is 3.73. The number of hydrogen-bond acceptors (Lipinski definition) is 1. The maximum atomic E-state index is 11.7. The highest BCUT2D eigenvalue weighted by Crippen LogP contribution is 2.63. The van der Waals surface area contributed by atoms with Crippen LogP contribution in [-0.2, 0) is 4.79 Å². The zero-order valence-electron chi connectivity index (χ0n) is 8.68. The molecule has 0 aromatic rings. The van der Waals surface area contributed by atoms with E-state index in [1.807, 2.05) is 0 Å². The van der Waals surface area contributed by atoms with Crippen molar-refractivity contribution in [3.05, 3.63) is 0 Å². The lowest BCUT2D eigenvalue weighted by Gasteiger charge is -2.13. The van der Waals surface area contributed by atoms with Crippen LogP contribution in [-0.4, -0.2) is 17.3 Å². The fourth-order valence-corrected chi connectivity index (χ4v) is 3.31. The molecule has 2 nitrogen and oxygen atoms in total. The Labute approximate surface area is 90.4 Å². The minimum absolute atomic E-state index is 0.109. The Hall–Kier alpha value is -0.240. The van der Waals surface area contributed by atoms with Crippen molar-refractivity contribution in [2.45, 2.75) is 43.9 Å². The number of alkyl halides is 1. The summed E-state index contributed by atoms with van der Waals surface area (Å²) in [5.74, 6) is 0.765. The third-order valence-corrected chi connectivity index (χ3v) is 4.29. The zero-order chi connectivity index (χ0) is 10.2. The van der Waals surface area contributed by atoms with Crippen molar-refractivity contribution in [2.24, 2.45) is 11.8 Å². The molecule has 0 radical (unpaired) electrons. The number of fused-ring (bicyclic) bond motifs is 1. The highest BCUT2D eigenvalue weighted by atomic mass is 35.5. The molecule has 0 saturated heterocycles. The molecule has 80 valence electrons. The van der Waals surface area contributed by atoms with Gasteiger partial charge in [0.25, 0.3) is 0 Å². The van der Waals surface area contributed by atoms with Gasteiger partial charge in [0.05, 0.1) is 10.8 Å². The van der Waals surface area contributed by atoms with E-state index in [2.05, 4.69) is 12.2 Å². The molecule has 2 aliphatic rings. The van der Waals surface area contributed by atoms with E-state index in [-0.39, 0.29) is 16.7 Å². The van der Waals surface area contributed by atoms with Crippen molar-refractivity contribution in [3.63, 3.8) is 0 Å². The fourth-order valence-electron chi connectivity index (χ4n) is 2.75. The van der Waals surface area contributed by atoms with Crippen molar-refractivity contribution in [3.8, 4) is 0 Å². The Balaban J connectivity index is 1.91. The zero-order valence-corrected chi connectivity index (χ0v) is 9.44. The Morgan fingerprint density at radius 3 is 2.93 bits per heavy atom. The van der Waals surface area contributed by atoms with Crippen LogP contribution in [0.25, 0.3) is 0 Å². The number of carbonyl (C=O) groups excluding carboxylic acids is 1. The van der Waals surface area contributed by atoms with E-state index in [1.165, 1.54) is 12.8 Å². The average molecular weight is 216 g/mol. The largest absolute Gasteiger partial charge is 0.356 e. The van der Waals surface area contributed by atoms with Gasteiger partial charge >= 0.3 is 0 Å². The summed E-state index contributed by atoms with van der Waals surface area (Å²) in [4.78, 5) is 11.6. The Morgan fingerprint density at radius 2 is 2.36 bits per heavy atom. The van der Waals surface area contributed by atoms with E-state index in [0.29, 0.717) is 5.92 Å². The molecule has 3 heteroatoms. The maximum absolute atomic E-state index is 11.7. The molecular weight excluding hydrogens is 198 g/mol. The lowest BCUT2D eigenvalue weighted by molar-refractivity contribution is -0.122. The third kappa shape index (κ3) is 1.54. The fraction of sp³-hybridized carbons (Fsp3) is 0.909. The van der Waals surface area contributed by atoms with Gasteiger partial charge < -0.3 is 5.32 Å². The monoisotopic (exact) mass is 215 g/mol. The van der Waals surface area contributed by atoms with Gasteiger partial charge in [-0.25, -0.2) is 0 Å². The number of carbonyl (C=O) groups is 1. The van der Waals surface area contributed by atoms with Gasteiger partial charge in [0, 0.05) is 6.54 Å². The van der Waals surface area contributed by atoms with E-state index < -0.39 is 0 Å². The van der Waals surface area contributed by atoms with Crippen LogP contribution in [0, 0.1) is 11.8 Å². The standard InChI is InChI=1S/C11H18ClNO/c1-2-7-13-10(14)9-8-5-3-4-6-11(8,9)12/h8-9H,2-7H2,1H3,(H,13,14).